The van der Waals surface area contributed by atoms with Crippen LogP contribution < -0.4 is 5.73 Å². The van der Waals surface area contributed by atoms with Crippen molar-refractivity contribution in [3.05, 3.63) is 48.3 Å². The van der Waals surface area contributed by atoms with Gasteiger partial charge in [-0.3, -0.25) is 9.88 Å². The smallest absolute Gasteiger partial charge is 0.261 e. The van der Waals surface area contributed by atoms with Crippen molar-refractivity contribution in [2.45, 2.75) is 6.54 Å². The highest BCUT2D eigenvalue weighted by Gasteiger charge is 2.15. The SMILES string of the molecule is Cl.Nc1ccncc1-c1nc(-c2cccc(CN3CCOCC3)c2)no1. The summed E-state index contributed by atoms with van der Waals surface area (Å²) in [5.74, 6) is 0.918. The van der Waals surface area contributed by atoms with E-state index in [0.29, 0.717) is 23.0 Å². The summed E-state index contributed by atoms with van der Waals surface area (Å²) in [7, 11) is 0. The molecule has 4 rings (SSSR count). The molecule has 0 radical (unpaired) electrons. The molecule has 0 spiro atoms. The van der Waals surface area contributed by atoms with Crippen LogP contribution in [-0.2, 0) is 11.3 Å². The van der Waals surface area contributed by atoms with E-state index >= 15 is 0 Å². The third-order valence-electron chi connectivity index (χ3n) is 4.21. The first-order valence-corrected chi connectivity index (χ1v) is 8.22. The number of aromatic nitrogens is 3. The molecule has 0 unspecified atom stereocenters. The molecule has 2 aromatic heterocycles. The predicted molar refractivity (Wildman–Crippen MR) is 101 cm³/mol. The van der Waals surface area contributed by atoms with Gasteiger partial charge in [0, 0.05) is 43.3 Å². The van der Waals surface area contributed by atoms with Crippen LogP contribution in [0.1, 0.15) is 5.56 Å². The van der Waals surface area contributed by atoms with Crippen molar-refractivity contribution < 1.29 is 9.26 Å². The molecule has 1 fully saturated rings. The second-order valence-corrected chi connectivity index (χ2v) is 5.97. The van der Waals surface area contributed by atoms with Gasteiger partial charge in [-0.25, -0.2) is 0 Å². The summed E-state index contributed by atoms with van der Waals surface area (Å²) < 4.78 is 10.8. The molecule has 0 saturated carbocycles. The number of morpholine rings is 1. The maximum atomic E-state index is 5.95. The minimum absolute atomic E-state index is 0. The summed E-state index contributed by atoms with van der Waals surface area (Å²) in [6, 6.07) is 9.90. The molecule has 2 N–H and O–H groups in total. The molecule has 0 amide bonds. The van der Waals surface area contributed by atoms with Crippen molar-refractivity contribution in [1.82, 2.24) is 20.0 Å². The van der Waals surface area contributed by atoms with Crippen molar-refractivity contribution in [3.63, 3.8) is 0 Å². The molecule has 1 aliphatic heterocycles. The number of nitrogens with two attached hydrogens (primary N) is 1. The second kappa shape index (κ2) is 8.27. The van der Waals surface area contributed by atoms with Gasteiger partial charge in [0.15, 0.2) is 0 Å². The Bertz CT molecular complexity index is 864. The lowest BCUT2D eigenvalue weighted by molar-refractivity contribution is 0.0342. The average molecular weight is 374 g/mol. The summed E-state index contributed by atoms with van der Waals surface area (Å²) in [6.45, 7) is 4.38. The highest BCUT2D eigenvalue weighted by Crippen LogP contribution is 2.26. The number of hydrogen-bond acceptors (Lipinski definition) is 7. The van der Waals surface area contributed by atoms with Crippen molar-refractivity contribution >= 4 is 18.1 Å². The number of ether oxygens (including phenoxy) is 1. The summed E-state index contributed by atoms with van der Waals surface area (Å²) in [5, 5.41) is 4.09. The second-order valence-electron chi connectivity index (χ2n) is 5.97. The molecule has 3 aromatic rings. The van der Waals surface area contributed by atoms with E-state index in [-0.39, 0.29) is 12.4 Å². The van der Waals surface area contributed by atoms with Crippen LogP contribution in [0.2, 0.25) is 0 Å². The highest BCUT2D eigenvalue weighted by molar-refractivity contribution is 5.85. The third kappa shape index (κ3) is 4.01. The molecule has 26 heavy (non-hydrogen) atoms. The van der Waals surface area contributed by atoms with Gasteiger partial charge >= 0.3 is 0 Å². The number of nitrogen functional groups attached to an aromatic ring is 1. The van der Waals surface area contributed by atoms with Crippen molar-refractivity contribution in [3.8, 4) is 22.8 Å². The molecule has 0 atom stereocenters. The lowest BCUT2D eigenvalue weighted by atomic mass is 10.1. The maximum absolute atomic E-state index is 5.95. The zero-order chi connectivity index (χ0) is 17.1. The van der Waals surface area contributed by atoms with Gasteiger partial charge in [-0.2, -0.15) is 4.98 Å². The zero-order valence-electron chi connectivity index (χ0n) is 14.2. The van der Waals surface area contributed by atoms with Crippen molar-refractivity contribution in [2.75, 3.05) is 32.0 Å². The van der Waals surface area contributed by atoms with E-state index in [1.54, 1.807) is 18.5 Å². The van der Waals surface area contributed by atoms with E-state index in [0.717, 1.165) is 38.4 Å². The van der Waals surface area contributed by atoms with Crippen LogP contribution >= 0.6 is 12.4 Å². The summed E-state index contributed by atoms with van der Waals surface area (Å²) in [5.41, 5.74) is 9.28. The van der Waals surface area contributed by atoms with Crippen molar-refractivity contribution in [2.24, 2.45) is 0 Å². The van der Waals surface area contributed by atoms with Crippen LogP contribution in [0.5, 0.6) is 0 Å². The average Bonchev–Trinajstić information content (AvgIpc) is 3.13. The molecule has 1 aromatic carbocycles. The molecule has 1 saturated heterocycles. The lowest BCUT2D eigenvalue weighted by Gasteiger charge is -2.26. The van der Waals surface area contributed by atoms with E-state index in [1.165, 1.54) is 5.56 Å². The van der Waals surface area contributed by atoms with Gasteiger partial charge in [0.25, 0.3) is 5.89 Å². The molecule has 0 aliphatic carbocycles. The van der Waals surface area contributed by atoms with Crippen LogP contribution in [-0.4, -0.2) is 46.3 Å². The Balaban J connectivity index is 0.00000196. The highest BCUT2D eigenvalue weighted by atomic mass is 35.5. The lowest BCUT2D eigenvalue weighted by Crippen LogP contribution is -2.35. The number of hydrogen-bond donors (Lipinski definition) is 1. The molecule has 8 heteroatoms. The van der Waals surface area contributed by atoms with E-state index in [2.05, 4.69) is 32.2 Å². The first-order valence-electron chi connectivity index (χ1n) is 8.22. The standard InChI is InChI=1S/C18H19N5O2.ClH/c19-16-4-5-20-11-15(16)18-21-17(22-25-18)14-3-1-2-13(10-14)12-23-6-8-24-9-7-23;/h1-5,10-11H,6-9,12H2,(H2,19,20);1H. The fourth-order valence-electron chi connectivity index (χ4n) is 2.86. The number of rotatable bonds is 4. The Morgan fingerprint density at radius 3 is 2.81 bits per heavy atom. The normalized spacial score (nSPS) is 14.8. The monoisotopic (exact) mass is 373 g/mol. The quantitative estimate of drug-likeness (QED) is 0.751. The largest absolute Gasteiger partial charge is 0.398 e. The summed E-state index contributed by atoms with van der Waals surface area (Å²) in [4.78, 5) is 10.9. The Hall–Kier alpha value is -2.48. The van der Waals surface area contributed by atoms with Crippen LogP contribution in [0.4, 0.5) is 5.69 Å². The van der Waals surface area contributed by atoms with E-state index < -0.39 is 0 Å². The topological polar surface area (TPSA) is 90.3 Å². The van der Waals surface area contributed by atoms with E-state index in [4.69, 9.17) is 15.0 Å². The Morgan fingerprint density at radius 1 is 1.15 bits per heavy atom. The van der Waals surface area contributed by atoms with Crippen LogP contribution in [0.25, 0.3) is 22.8 Å². The molecule has 1 aliphatic rings. The van der Waals surface area contributed by atoms with Crippen LogP contribution in [0.15, 0.2) is 47.2 Å². The Labute approximate surface area is 157 Å². The van der Waals surface area contributed by atoms with Gasteiger partial charge in [0.2, 0.25) is 5.82 Å². The van der Waals surface area contributed by atoms with Gasteiger partial charge < -0.3 is 15.0 Å². The predicted octanol–water partition coefficient (Wildman–Crippen LogP) is 2.63. The number of benzene rings is 1. The van der Waals surface area contributed by atoms with E-state index in [9.17, 15) is 0 Å². The molecule has 136 valence electrons. The maximum Gasteiger partial charge on any atom is 0.261 e. The Morgan fingerprint density at radius 2 is 2.00 bits per heavy atom. The third-order valence-corrected chi connectivity index (χ3v) is 4.21. The molecular formula is C18H20ClN5O2. The first kappa shape index (κ1) is 18.3. The minimum Gasteiger partial charge on any atom is -0.398 e. The molecular weight excluding hydrogens is 354 g/mol. The van der Waals surface area contributed by atoms with Gasteiger partial charge in [-0.1, -0.05) is 23.4 Å². The summed E-state index contributed by atoms with van der Waals surface area (Å²) >= 11 is 0. The van der Waals surface area contributed by atoms with Gasteiger partial charge in [0.05, 0.1) is 18.8 Å². The minimum atomic E-state index is 0. The fraction of sp³-hybridized carbons (Fsp3) is 0.278. The van der Waals surface area contributed by atoms with Crippen molar-refractivity contribution in [1.29, 1.82) is 0 Å². The van der Waals surface area contributed by atoms with E-state index in [1.807, 2.05) is 12.1 Å². The molecule has 0 bridgehead atoms. The molecule has 7 nitrogen and oxygen atoms in total. The number of anilines is 1. The van der Waals surface area contributed by atoms with Gasteiger partial charge in [-0.05, 0) is 17.7 Å². The van der Waals surface area contributed by atoms with Gasteiger partial charge in [0.1, 0.15) is 0 Å². The van der Waals surface area contributed by atoms with Gasteiger partial charge in [-0.15, -0.1) is 12.4 Å². The first-order chi connectivity index (χ1) is 12.3. The zero-order valence-corrected chi connectivity index (χ0v) is 15.0. The Kier molecular flexibility index (Phi) is 5.82. The fourth-order valence-corrected chi connectivity index (χ4v) is 2.86. The number of halogens is 1. The van der Waals surface area contributed by atoms with Crippen LogP contribution in [0.3, 0.4) is 0 Å². The number of nitrogens with zero attached hydrogens (tertiary/aromatic N) is 4. The van der Waals surface area contributed by atoms with Crippen LogP contribution in [0, 0.1) is 0 Å². The summed E-state index contributed by atoms with van der Waals surface area (Å²) in [6.07, 6.45) is 3.26. The number of pyridine rings is 1. The molecule has 3 heterocycles.